The molecule has 0 atom stereocenters. The quantitative estimate of drug-likeness (QED) is 0.0896. The van der Waals surface area contributed by atoms with Gasteiger partial charge in [0.15, 0.2) is 0 Å². The third-order valence-corrected chi connectivity index (χ3v) is 21.2. The fourth-order valence-corrected chi connectivity index (χ4v) is 17.5. The van der Waals surface area contributed by atoms with Crippen LogP contribution in [0.5, 0.6) is 0 Å². The van der Waals surface area contributed by atoms with E-state index in [4.69, 9.17) is 0 Å². The highest BCUT2D eigenvalue weighted by Crippen LogP contribution is 2.53. The highest BCUT2D eigenvalue weighted by atomic mass is 32.2. The van der Waals surface area contributed by atoms with E-state index >= 15 is 0 Å². The molecule has 5 heteroatoms. The van der Waals surface area contributed by atoms with Crippen LogP contribution >= 0.6 is 11.8 Å². The standard InChI is InChI=1S/C88H54BN3S/c1-3-24-55(25-4-1)62-40-23-41-63(56-26-5-2-6-27-56)88(62)92-81-51-58(85-70-36-11-13-38-72(70)86(73-39-14-12-37-71(73)85)74-50-57-28-7-8-29-61(57)64-30-9-10-31-65(64)74)46-48-75(81)89-76-49-47-59(90-77-42-19-15-32-66(77)67-33-16-20-43-78(67)90)53-83(76)93-84-54-60(52-82(92)87(84)89)91-79-44-21-17-34-68(79)69-35-18-22-45-80(69)91/h1-54H. The maximum Gasteiger partial charge on any atom is 0.249 e. The van der Waals surface area contributed by atoms with Crippen molar-refractivity contribution in [2.45, 2.75) is 9.79 Å². The lowest BCUT2D eigenvalue weighted by molar-refractivity contribution is 1.15. The number of hydrogen-bond donors (Lipinski definition) is 0. The van der Waals surface area contributed by atoms with E-state index < -0.39 is 0 Å². The molecule has 4 heterocycles. The Labute approximate surface area is 542 Å². The van der Waals surface area contributed by atoms with Gasteiger partial charge in [-0.1, -0.05) is 284 Å². The van der Waals surface area contributed by atoms with Crippen LogP contribution in [0.4, 0.5) is 17.1 Å². The fourth-order valence-electron chi connectivity index (χ4n) is 16.3. The van der Waals surface area contributed by atoms with E-state index in [0.717, 1.165) is 56.3 Å². The molecule has 0 amide bonds. The largest absolute Gasteiger partial charge is 0.310 e. The first-order valence-electron chi connectivity index (χ1n) is 32.2. The van der Waals surface area contributed by atoms with E-state index in [1.807, 2.05) is 11.8 Å². The smallest absolute Gasteiger partial charge is 0.249 e. The number of rotatable bonds is 7. The third-order valence-electron chi connectivity index (χ3n) is 20.1. The Balaban J connectivity index is 0.909. The molecule has 93 heavy (non-hydrogen) atoms. The van der Waals surface area contributed by atoms with Crippen molar-refractivity contribution >= 4 is 139 Å². The molecule has 2 aromatic heterocycles. The molecule has 430 valence electrons. The number of para-hydroxylation sites is 5. The lowest BCUT2D eigenvalue weighted by atomic mass is 9.34. The minimum absolute atomic E-state index is 0.118. The maximum absolute atomic E-state index is 2.69. The van der Waals surface area contributed by atoms with Crippen LogP contribution in [0.15, 0.2) is 337 Å². The molecular formula is C88H54BN3S. The van der Waals surface area contributed by atoms with Crippen LogP contribution in [0.2, 0.25) is 0 Å². The SMILES string of the molecule is c1ccc(-c2cccc(-c3ccccc3)c2N2c3cc(-c4c5ccccc5c(-c5cc6ccccc6c6ccccc56)c5ccccc45)ccc3B3c4ccc(-n5c6ccccc6c6ccccc65)cc4Sc4cc(-n5c6ccccc6c6ccccc65)cc2c43)cc1. The molecule has 0 fully saturated rings. The summed E-state index contributed by atoms with van der Waals surface area (Å²) in [7, 11) is 0. The zero-order chi connectivity index (χ0) is 60.8. The number of anilines is 3. The predicted molar refractivity (Wildman–Crippen MR) is 397 cm³/mol. The average molecular weight is 1200 g/mol. The summed E-state index contributed by atoms with van der Waals surface area (Å²) in [6, 6.07) is 123. The lowest BCUT2D eigenvalue weighted by Crippen LogP contribution is -2.60. The summed E-state index contributed by atoms with van der Waals surface area (Å²) in [5.74, 6) is 0. The molecule has 2 aliphatic rings. The zero-order valence-corrected chi connectivity index (χ0v) is 51.3. The lowest BCUT2D eigenvalue weighted by Gasteiger charge is -2.42. The predicted octanol–water partition coefficient (Wildman–Crippen LogP) is 21.9. The van der Waals surface area contributed by atoms with Crippen molar-refractivity contribution < 1.29 is 0 Å². The molecule has 0 unspecified atom stereocenters. The van der Waals surface area contributed by atoms with Gasteiger partial charge in [-0.05, 0) is 148 Å². The van der Waals surface area contributed by atoms with Crippen molar-refractivity contribution in [2.75, 3.05) is 4.90 Å². The van der Waals surface area contributed by atoms with Gasteiger partial charge in [0, 0.05) is 65.2 Å². The van der Waals surface area contributed by atoms with Gasteiger partial charge < -0.3 is 14.0 Å². The van der Waals surface area contributed by atoms with E-state index in [0.29, 0.717) is 0 Å². The van der Waals surface area contributed by atoms with Crippen LogP contribution in [0.3, 0.4) is 0 Å². The topological polar surface area (TPSA) is 13.1 Å². The third kappa shape index (κ3) is 7.75. The molecule has 16 aromatic carbocycles. The molecule has 20 rings (SSSR count). The Bertz CT molecular complexity index is 5960. The molecule has 18 aromatic rings. The Morgan fingerprint density at radius 1 is 0.258 bits per heavy atom. The summed E-state index contributed by atoms with van der Waals surface area (Å²) in [4.78, 5) is 5.19. The van der Waals surface area contributed by atoms with Crippen LogP contribution < -0.4 is 21.3 Å². The first-order chi connectivity index (χ1) is 46.2. The van der Waals surface area contributed by atoms with E-state index in [1.165, 1.54) is 130 Å². The maximum atomic E-state index is 2.69. The van der Waals surface area contributed by atoms with Crippen molar-refractivity contribution in [3.05, 3.63) is 328 Å². The van der Waals surface area contributed by atoms with Crippen molar-refractivity contribution in [3.8, 4) is 55.9 Å². The van der Waals surface area contributed by atoms with Gasteiger partial charge in [0.25, 0.3) is 0 Å². The summed E-state index contributed by atoms with van der Waals surface area (Å²) < 4.78 is 4.99. The second-order valence-corrected chi connectivity index (χ2v) is 26.0. The van der Waals surface area contributed by atoms with Gasteiger partial charge in [-0.2, -0.15) is 0 Å². The summed E-state index contributed by atoms with van der Waals surface area (Å²) in [5.41, 5.74) is 23.9. The van der Waals surface area contributed by atoms with Gasteiger partial charge in [0.05, 0.1) is 27.8 Å². The Hall–Kier alpha value is -11.6. The van der Waals surface area contributed by atoms with Gasteiger partial charge in [-0.25, -0.2) is 0 Å². The van der Waals surface area contributed by atoms with Crippen LogP contribution in [0, 0.1) is 0 Å². The molecule has 2 aliphatic heterocycles. The molecule has 0 saturated heterocycles. The number of hydrogen-bond acceptors (Lipinski definition) is 2. The first kappa shape index (κ1) is 52.2. The van der Waals surface area contributed by atoms with Gasteiger partial charge in [0.1, 0.15) is 0 Å². The van der Waals surface area contributed by atoms with Crippen molar-refractivity contribution in [3.63, 3.8) is 0 Å². The molecular weight excluding hydrogens is 1140 g/mol. The summed E-state index contributed by atoms with van der Waals surface area (Å²) in [6.07, 6.45) is 0. The molecule has 3 nitrogen and oxygen atoms in total. The zero-order valence-electron chi connectivity index (χ0n) is 50.5. The monoisotopic (exact) mass is 1200 g/mol. The average Bonchev–Trinajstić information content (AvgIpc) is 0.751. The van der Waals surface area contributed by atoms with Gasteiger partial charge in [-0.3, -0.25) is 0 Å². The van der Waals surface area contributed by atoms with Crippen LogP contribution in [0.1, 0.15) is 0 Å². The molecule has 0 spiro atoms. The van der Waals surface area contributed by atoms with Crippen molar-refractivity contribution in [1.82, 2.24) is 9.13 Å². The van der Waals surface area contributed by atoms with Crippen LogP contribution in [0.25, 0.3) is 143 Å². The molecule has 0 saturated carbocycles. The number of fused-ring (bicyclic) bond motifs is 15. The minimum atomic E-state index is -0.118. The van der Waals surface area contributed by atoms with Crippen molar-refractivity contribution in [2.24, 2.45) is 0 Å². The number of benzene rings is 16. The Kier molecular flexibility index (Phi) is 11.5. The molecule has 0 bridgehead atoms. The Morgan fingerprint density at radius 2 is 0.710 bits per heavy atom. The highest BCUT2D eigenvalue weighted by molar-refractivity contribution is 8.00. The molecule has 0 radical (unpaired) electrons. The van der Waals surface area contributed by atoms with Crippen molar-refractivity contribution in [1.29, 1.82) is 0 Å². The summed E-state index contributed by atoms with van der Waals surface area (Å²) >= 11 is 1.92. The number of aromatic nitrogens is 2. The van der Waals surface area contributed by atoms with Crippen LogP contribution in [-0.4, -0.2) is 15.8 Å². The first-order valence-corrected chi connectivity index (χ1v) is 33.0. The second-order valence-electron chi connectivity index (χ2n) is 24.9. The minimum Gasteiger partial charge on any atom is -0.310 e. The number of nitrogens with zero attached hydrogens (tertiary/aromatic N) is 3. The van der Waals surface area contributed by atoms with Gasteiger partial charge in [0.2, 0.25) is 6.71 Å². The van der Waals surface area contributed by atoms with E-state index in [9.17, 15) is 0 Å². The van der Waals surface area contributed by atoms with Gasteiger partial charge >= 0.3 is 0 Å². The highest BCUT2D eigenvalue weighted by Gasteiger charge is 2.43. The normalized spacial score (nSPS) is 12.6. The van der Waals surface area contributed by atoms with E-state index in [-0.39, 0.29) is 6.71 Å². The fraction of sp³-hybridized carbons (Fsp3) is 0. The van der Waals surface area contributed by atoms with Gasteiger partial charge in [-0.15, -0.1) is 0 Å². The molecule has 0 aliphatic carbocycles. The van der Waals surface area contributed by atoms with E-state index in [1.54, 1.807) is 0 Å². The van der Waals surface area contributed by atoms with E-state index in [2.05, 4.69) is 342 Å². The Morgan fingerprint density at radius 3 is 1.28 bits per heavy atom. The second kappa shape index (κ2) is 20.4. The summed E-state index contributed by atoms with van der Waals surface area (Å²) in [6.45, 7) is -0.118. The summed E-state index contributed by atoms with van der Waals surface area (Å²) in [5, 5.41) is 14.9. The molecule has 0 N–H and O–H groups in total. The van der Waals surface area contributed by atoms with Crippen LogP contribution in [-0.2, 0) is 0 Å².